The van der Waals surface area contributed by atoms with Crippen LogP contribution in [-0.2, 0) is 0 Å². The van der Waals surface area contributed by atoms with Crippen molar-refractivity contribution in [3.63, 3.8) is 0 Å². The summed E-state index contributed by atoms with van der Waals surface area (Å²) in [6.45, 7) is 3.39. The van der Waals surface area contributed by atoms with Crippen LogP contribution in [0.2, 0.25) is 0 Å². The van der Waals surface area contributed by atoms with E-state index < -0.39 is 0 Å². The third kappa shape index (κ3) is 4.48. The molecule has 0 spiro atoms. The number of nitrogens with one attached hydrogen (secondary N) is 2. The molecule has 0 radical (unpaired) electrons. The number of carbonyl (C=O) groups excluding carboxylic acids is 1. The Morgan fingerprint density at radius 1 is 1.53 bits per heavy atom. The molecule has 1 aliphatic heterocycles. The van der Waals surface area contributed by atoms with Crippen molar-refractivity contribution in [2.45, 2.75) is 32.2 Å². The maximum atomic E-state index is 13.3. The van der Waals surface area contributed by atoms with Crippen LogP contribution in [0.1, 0.15) is 35.2 Å². The molecule has 2 rings (SSSR count). The first-order chi connectivity index (χ1) is 8.66. The fraction of sp³-hybridized carbons (Fsp3) is 0.500. The van der Waals surface area contributed by atoms with Gasteiger partial charge in [0.1, 0.15) is 5.82 Å². The summed E-state index contributed by atoms with van der Waals surface area (Å²) in [5.74, 6) is -0.535. The highest BCUT2D eigenvalue weighted by Gasteiger charge is 2.14. The highest BCUT2D eigenvalue weighted by Crippen LogP contribution is 2.10. The lowest BCUT2D eigenvalue weighted by Crippen LogP contribution is -2.30. The summed E-state index contributed by atoms with van der Waals surface area (Å²) in [5.41, 5.74) is 0.944. The van der Waals surface area contributed by atoms with Gasteiger partial charge in [-0.15, -0.1) is 12.4 Å². The predicted octanol–water partition coefficient (Wildman–Crippen LogP) is 2.43. The molecule has 1 aliphatic rings. The van der Waals surface area contributed by atoms with Crippen LogP contribution in [0.25, 0.3) is 0 Å². The highest BCUT2D eigenvalue weighted by atomic mass is 35.5. The van der Waals surface area contributed by atoms with Crippen LogP contribution in [0, 0.1) is 12.7 Å². The number of rotatable bonds is 4. The van der Waals surface area contributed by atoms with Crippen molar-refractivity contribution in [2.75, 3.05) is 13.1 Å². The van der Waals surface area contributed by atoms with Gasteiger partial charge in [-0.1, -0.05) is 6.07 Å². The number of hydrogen-bond donors (Lipinski definition) is 2. The van der Waals surface area contributed by atoms with E-state index in [2.05, 4.69) is 10.6 Å². The first kappa shape index (κ1) is 15.9. The lowest BCUT2D eigenvalue weighted by atomic mass is 10.1. The van der Waals surface area contributed by atoms with E-state index in [1.54, 1.807) is 19.1 Å². The maximum Gasteiger partial charge on any atom is 0.251 e. The molecular formula is C14H20ClFN2O. The largest absolute Gasteiger partial charge is 0.352 e. The smallest absolute Gasteiger partial charge is 0.251 e. The summed E-state index contributed by atoms with van der Waals surface area (Å²) in [5, 5.41) is 6.20. The van der Waals surface area contributed by atoms with Crippen molar-refractivity contribution >= 4 is 18.3 Å². The van der Waals surface area contributed by atoms with Gasteiger partial charge in [-0.25, -0.2) is 4.39 Å². The molecule has 1 aromatic carbocycles. The molecule has 19 heavy (non-hydrogen) atoms. The van der Waals surface area contributed by atoms with Crippen molar-refractivity contribution in [2.24, 2.45) is 0 Å². The van der Waals surface area contributed by atoms with E-state index in [-0.39, 0.29) is 24.1 Å². The van der Waals surface area contributed by atoms with Crippen molar-refractivity contribution in [3.05, 3.63) is 35.1 Å². The molecule has 1 fully saturated rings. The zero-order chi connectivity index (χ0) is 13.0. The average Bonchev–Trinajstić information content (AvgIpc) is 2.85. The summed E-state index contributed by atoms with van der Waals surface area (Å²) < 4.78 is 13.3. The van der Waals surface area contributed by atoms with Gasteiger partial charge in [0.05, 0.1) is 0 Å². The quantitative estimate of drug-likeness (QED) is 0.892. The van der Waals surface area contributed by atoms with Gasteiger partial charge in [-0.2, -0.15) is 0 Å². The van der Waals surface area contributed by atoms with Crippen LogP contribution >= 0.6 is 12.4 Å². The third-order valence-electron chi connectivity index (χ3n) is 3.37. The summed E-state index contributed by atoms with van der Waals surface area (Å²) >= 11 is 0. The standard InChI is InChI=1S/C14H19FN2O.ClH/c1-10-4-5-11(9-13(10)15)14(18)17-8-6-12-3-2-7-16-12;/h4-5,9,12,16H,2-3,6-8H2,1H3,(H,17,18);1H/t12-;/m1./s1. The molecule has 1 saturated heterocycles. The van der Waals surface area contributed by atoms with Gasteiger partial charge in [0.25, 0.3) is 5.91 Å². The Kier molecular flexibility index (Phi) is 6.25. The maximum absolute atomic E-state index is 13.3. The Morgan fingerprint density at radius 2 is 2.32 bits per heavy atom. The molecule has 1 aromatic rings. The minimum atomic E-state index is -0.333. The lowest BCUT2D eigenvalue weighted by Gasteiger charge is -2.11. The van der Waals surface area contributed by atoms with Crippen molar-refractivity contribution in [1.29, 1.82) is 0 Å². The molecule has 2 N–H and O–H groups in total. The van der Waals surface area contributed by atoms with E-state index in [9.17, 15) is 9.18 Å². The third-order valence-corrected chi connectivity index (χ3v) is 3.37. The first-order valence-corrected chi connectivity index (χ1v) is 6.44. The van der Waals surface area contributed by atoms with Gasteiger partial charge in [-0.3, -0.25) is 4.79 Å². The van der Waals surface area contributed by atoms with Gasteiger partial charge in [0.2, 0.25) is 0 Å². The van der Waals surface area contributed by atoms with Crippen LogP contribution in [0.4, 0.5) is 4.39 Å². The van der Waals surface area contributed by atoms with Gasteiger partial charge in [-0.05, 0) is 50.4 Å². The Bertz CT molecular complexity index is 433. The Labute approximate surface area is 119 Å². The summed E-state index contributed by atoms with van der Waals surface area (Å²) in [7, 11) is 0. The first-order valence-electron chi connectivity index (χ1n) is 6.44. The van der Waals surface area contributed by atoms with E-state index in [0.717, 1.165) is 13.0 Å². The number of hydrogen-bond acceptors (Lipinski definition) is 2. The number of benzene rings is 1. The molecular weight excluding hydrogens is 267 g/mol. The van der Waals surface area contributed by atoms with E-state index in [4.69, 9.17) is 0 Å². The van der Waals surface area contributed by atoms with Gasteiger partial charge in [0.15, 0.2) is 0 Å². The molecule has 0 aromatic heterocycles. The molecule has 0 aliphatic carbocycles. The monoisotopic (exact) mass is 286 g/mol. The van der Waals surface area contributed by atoms with Crippen molar-refractivity contribution in [3.8, 4) is 0 Å². The minimum absolute atomic E-state index is 0. The van der Waals surface area contributed by atoms with Crippen LogP contribution < -0.4 is 10.6 Å². The number of aryl methyl sites for hydroxylation is 1. The second kappa shape index (κ2) is 7.46. The normalized spacial score (nSPS) is 17.9. The van der Waals surface area contributed by atoms with Gasteiger partial charge >= 0.3 is 0 Å². The van der Waals surface area contributed by atoms with Crippen LogP contribution in [0.5, 0.6) is 0 Å². The SMILES string of the molecule is Cc1ccc(C(=O)NCC[C@H]2CCCN2)cc1F.Cl. The molecule has 0 bridgehead atoms. The molecule has 3 nitrogen and oxygen atoms in total. The second-order valence-corrected chi connectivity index (χ2v) is 4.80. The summed E-state index contributed by atoms with van der Waals surface area (Å²) in [4.78, 5) is 11.8. The topological polar surface area (TPSA) is 41.1 Å². The number of carbonyl (C=O) groups is 1. The van der Waals surface area contributed by atoms with Crippen LogP contribution in [0.15, 0.2) is 18.2 Å². The van der Waals surface area contributed by atoms with Gasteiger partial charge < -0.3 is 10.6 Å². The van der Waals surface area contributed by atoms with E-state index in [1.807, 2.05) is 0 Å². The molecule has 1 amide bonds. The zero-order valence-corrected chi connectivity index (χ0v) is 11.9. The molecule has 0 saturated carbocycles. The van der Waals surface area contributed by atoms with E-state index >= 15 is 0 Å². The fourth-order valence-electron chi connectivity index (χ4n) is 2.20. The van der Waals surface area contributed by atoms with Crippen LogP contribution in [0.3, 0.4) is 0 Å². The van der Waals surface area contributed by atoms with Gasteiger partial charge in [0, 0.05) is 18.2 Å². The highest BCUT2D eigenvalue weighted by molar-refractivity contribution is 5.94. The minimum Gasteiger partial charge on any atom is -0.352 e. The average molecular weight is 287 g/mol. The number of halogens is 2. The Balaban J connectivity index is 0.00000180. The Morgan fingerprint density at radius 3 is 2.95 bits per heavy atom. The molecule has 106 valence electrons. The summed E-state index contributed by atoms with van der Waals surface area (Å²) in [6, 6.07) is 5.09. The van der Waals surface area contributed by atoms with Crippen molar-refractivity contribution in [1.82, 2.24) is 10.6 Å². The van der Waals surface area contributed by atoms with Crippen LogP contribution in [-0.4, -0.2) is 25.0 Å². The van der Waals surface area contributed by atoms with E-state index in [0.29, 0.717) is 23.7 Å². The van der Waals surface area contributed by atoms with Crippen molar-refractivity contribution < 1.29 is 9.18 Å². The second-order valence-electron chi connectivity index (χ2n) is 4.80. The summed E-state index contributed by atoms with van der Waals surface area (Å²) in [6.07, 6.45) is 3.32. The zero-order valence-electron chi connectivity index (χ0n) is 11.0. The molecule has 0 unspecified atom stereocenters. The molecule has 1 atom stereocenters. The molecule has 1 heterocycles. The van der Waals surface area contributed by atoms with E-state index in [1.165, 1.54) is 18.9 Å². The lowest BCUT2D eigenvalue weighted by molar-refractivity contribution is 0.0952. The number of amides is 1. The fourth-order valence-corrected chi connectivity index (χ4v) is 2.20. The Hall–Kier alpha value is -1.13. The predicted molar refractivity (Wildman–Crippen MR) is 76.4 cm³/mol. The molecule has 5 heteroatoms.